The summed E-state index contributed by atoms with van der Waals surface area (Å²) in [5, 5.41) is 12.6. The monoisotopic (exact) mass is 311 g/mol. The summed E-state index contributed by atoms with van der Waals surface area (Å²) >= 11 is 0. The van der Waals surface area contributed by atoms with Crippen molar-refractivity contribution in [3.8, 4) is 5.75 Å². The van der Waals surface area contributed by atoms with Gasteiger partial charge in [0, 0.05) is 30.7 Å². The van der Waals surface area contributed by atoms with Crippen LogP contribution in [0.15, 0.2) is 18.2 Å². The van der Waals surface area contributed by atoms with Crippen molar-refractivity contribution in [3.63, 3.8) is 0 Å². The molecule has 1 heterocycles. The topological polar surface area (TPSA) is 58.6 Å². The van der Waals surface area contributed by atoms with Gasteiger partial charge < -0.3 is 15.2 Å². The van der Waals surface area contributed by atoms with Crippen LogP contribution < -0.4 is 10.1 Å². The maximum Gasteiger partial charge on any atom is 0.248 e. The number of anilines is 1. The van der Waals surface area contributed by atoms with E-state index < -0.39 is 30.3 Å². The number of nitrogens with one attached hydrogen (secondary N) is 1. The number of carbonyl (C=O) groups is 1. The van der Waals surface area contributed by atoms with Gasteiger partial charge in [0.25, 0.3) is 0 Å². The third-order valence-electron chi connectivity index (χ3n) is 4.31. The molecule has 2 aliphatic rings. The van der Waals surface area contributed by atoms with Gasteiger partial charge in [-0.05, 0) is 18.9 Å². The van der Waals surface area contributed by atoms with Gasteiger partial charge in [-0.2, -0.15) is 0 Å². The summed E-state index contributed by atoms with van der Waals surface area (Å²) in [6.45, 7) is 0.364. The van der Waals surface area contributed by atoms with Gasteiger partial charge in [-0.1, -0.05) is 12.1 Å². The summed E-state index contributed by atoms with van der Waals surface area (Å²) in [6.07, 6.45) is 0.149. The van der Waals surface area contributed by atoms with Crippen LogP contribution in [0.3, 0.4) is 0 Å². The van der Waals surface area contributed by atoms with Gasteiger partial charge in [-0.3, -0.25) is 4.79 Å². The summed E-state index contributed by atoms with van der Waals surface area (Å²) in [7, 11) is 0. The molecular formula is C16H19F2NO3. The minimum atomic E-state index is -2.76. The number of aliphatic hydroxyl groups is 1. The van der Waals surface area contributed by atoms with Crippen LogP contribution in [0.1, 0.15) is 43.8 Å². The number of ether oxygens (including phenoxy) is 1. The van der Waals surface area contributed by atoms with Crippen LogP contribution in [0.25, 0.3) is 0 Å². The van der Waals surface area contributed by atoms with E-state index in [9.17, 15) is 18.7 Å². The molecular weight excluding hydrogens is 292 g/mol. The molecule has 3 rings (SSSR count). The molecule has 1 fully saturated rings. The molecule has 22 heavy (non-hydrogen) atoms. The third kappa shape index (κ3) is 3.06. The summed E-state index contributed by atoms with van der Waals surface area (Å²) in [5.74, 6) is -3.41. The van der Waals surface area contributed by atoms with Gasteiger partial charge in [-0.15, -0.1) is 0 Å². The van der Waals surface area contributed by atoms with E-state index in [0.717, 1.165) is 0 Å². The van der Waals surface area contributed by atoms with E-state index in [1.165, 1.54) is 0 Å². The van der Waals surface area contributed by atoms with Crippen molar-refractivity contribution in [2.45, 2.75) is 44.1 Å². The van der Waals surface area contributed by atoms with Crippen molar-refractivity contribution in [1.29, 1.82) is 0 Å². The van der Waals surface area contributed by atoms with Crippen LogP contribution in [0.5, 0.6) is 5.75 Å². The van der Waals surface area contributed by atoms with Crippen LogP contribution in [-0.4, -0.2) is 23.5 Å². The second-order valence-corrected chi connectivity index (χ2v) is 6.02. The average Bonchev–Trinajstić information content (AvgIpc) is 2.47. The minimum absolute atomic E-state index is 0.146. The number of rotatable bonds is 2. The Hall–Kier alpha value is -1.69. The van der Waals surface area contributed by atoms with Crippen LogP contribution in [-0.2, 0) is 4.79 Å². The Morgan fingerprint density at radius 2 is 2.18 bits per heavy atom. The summed E-state index contributed by atoms with van der Waals surface area (Å²) in [4.78, 5) is 12.3. The van der Waals surface area contributed by atoms with Gasteiger partial charge in [0.15, 0.2) is 0 Å². The minimum Gasteiger partial charge on any atom is -0.491 e. The van der Waals surface area contributed by atoms with Crippen LogP contribution in [0, 0.1) is 5.92 Å². The average molecular weight is 311 g/mol. The highest BCUT2D eigenvalue weighted by Crippen LogP contribution is 2.40. The molecule has 1 amide bonds. The molecule has 1 aliphatic heterocycles. The molecule has 6 heteroatoms. The zero-order valence-electron chi connectivity index (χ0n) is 12.1. The van der Waals surface area contributed by atoms with Crippen molar-refractivity contribution in [3.05, 3.63) is 23.8 Å². The molecule has 4 nitrogen and oxygen atoms in total. The van der Waals surface area contributed by atoms with Gasteiger partial charge in [0.05, 0.1) is 18.4 Å². The van der Waals surface area contributed by atoms with Gasteiger partial charge in [0.1, 0.15) is 5.75 Å². The zero-order valence-corrected chi connectivity index (χ0v) is 12.1. The molecule has 2 N–H and O–H groups in total. The fourth-order valence-corrected chi connectivity index (χ4v) is 3.14. The van der Waals surface area contributed by atoms with Crippen molar-refractivity contribution in [2.24, 2.45) is 5.92 Å². The molecule has 1 aromatic carbocycles. The van der Waals surface area contributed by atoms with E-state index in [1.807, 2.05) is 0 Å². The van der Waals surface area contributed by atoms with Crippen LogP contribution in [0.4, 0.5) is 14.5 Å². The van der Waals surface area contributed by atoms with E-state index >= 15 is 0 Å². The number of hydrogen-bond donors (Lipinski definition) is 2. The SMILES string of the molecule is O=C(Nc1cccc2c1OCCC2O)C1CCCC(F)(F)C1. The lowest BCUT2D eigenvalue weighted by molar-refractivity contribution is -0.127. The highest BCUT2D eigenvalue weighted by molar-refractivity contribution is 5.94. The maximum absolute atomic E-state index is 13.4. The number of alkyl halides is 2. The number of amides is 1. The number of para-hydroxylation sites is 1. The smallest absolute Gasteiger partial charge is 0.248 e. The van der Waals surface area contributed by atoms with Gasteiger partial charge in [-0.25, -0.2) is 8.78 Å². The molecule has 1 aromatic rings. The van der Waals surface area contributed by atoms with Crippen molar-refractivity contribution in [1.82, 2.24) is 0 Å². The number of fused-ring (bicyclic) bond motifs is 1. The first-order valence-electron chi connectivity index (χ1n) is 7.59. The second kappa shape index (κ2) is 5.83. The molecule has 0 radical (unpaired) electrons. The zero-order chi connectivity index (χ0) is 15.7. The van der Waals surface area contributed by atoms with Crippen molar-refractivity contribution >= 4 is 11.6 Å². The van der Waals surface area contributed by atoms with Crippen molar-refractivity contribution < 1.29 is 23.4 Å². The highest BCUT2D eigenvalue weighted by atomic mass is 19.3. The van der Waals surface area contributed by atoms with Gasteiger partial charge >= 0.3 is 0 Å². The van der Waals surface area contributed by atoms with E-state index in [-0.39, 0.29) is 6.42 Å². The molecule has 0 spiro atoms. The molecule has 120 valence electrons. The Bertz CT molecular complexity index is 577. The van der Waals surface area contributed by atoms with Gasteiger partial charge in [0.2, 0.25) is 11.8 Å². The Morgan fingerprint density at radius 3 is 2.95 bits per heavy atom. The molecule has 2 atom stereocenters. The lowest BCUT2D eigenvalue weighted by atomic mass is 9.86. The molecule has 2 unspecified atom stereocenters. The lowest BCUT2D eigenvalue weighted by Crippen LogP contribution is -2.33. The predicted octanol–water partition coefficient (Wildman–Crippen LogP) is 3.27. The normalized spacial score (nSPS) is 26.7. The van der Waals surface area contributed by atoms with Crippen LogP contribution in [0.2, 0.25) is 0 Å². The molecule has 1 saturated carbocycles. The quantitative estimate of drug-likeness (QED) is 0.881. The number of carbonyl (C=O) groups excluding carboxylic acids is 1. The molecule has 0 bridgehead atoms. The Morgan fingerprint density at radius 1 is 1.36 bits per heavy atom. The Kier molecular flexibility index (Phi) is 4.04. The van der Waals surface area contributed by atoms with Crippen LogP contribution >= 0.6 is 0 Å². The third-order valence-corrected chi connectivity index (χ3v) is 4.31. The van der Waals surface area contributed by atoms with E-state index in [1.54, 1.807) is 18.2 Å². The summed E-state index contributed by atoms with van der Waals surface area (Å²) < 4.78 is 32.4. The number of halogens is 2. The number of hydrogen-bond acceptors (Lipinski definition) is 3. The van der Waals surface area contributed by atoms with E-state index in [0.29, 0.717) is 42.9 Å². The second-order valence-electron chi connectivity index (χ2n) is 6.02. The fraction of sp³-hybridized carbons (Fsp3) is 0.562. The number of benzene rings is 1. The summed E-state index contributed by atoms with van der Waals surface area (Å²) in [6, 6.07) is 5.11. The first-order valence-corrected chi connectivity index (χ1v) is 7.59. The summed E-state index contributed by atoms with van der Waals surface area (Å²) in [5.41, 5.74) is 1.06. The van der Waals surface area contributed by atoms with E-state index in [2.05, 4.69) is 5.32 Å². The van der Waals surface area contributed by atoms with E-state index in [4.69, 9.17) is 4.74 Å². The largest absolute Gasteiger partial charge is 0.491 e. The maximum atomic E-state index is 13.4. The molecule has 0 saturated heterocycles. The predicted molar refractivity (Wildman–Crippen MR) is 77.0 cm³/mol. The van der Waals surface area contributed by atoms with Crippen molar-refractivity contribution in [2.75, 3.05) is 11.9 Å². The standard InChI is InChI=1S/C16H19F2NO3/c17-16(18)7-2-3-10(9-16)15(21)19-12-5-1-4-11-13(20)6-8-22-14(11)12/h1,4-5,10,13,20H,2-3,6-9H2,(H,19,21). The highest BCUT2D eigenvalue weighted by Gasteiger charge is 2.39. The fourth-order valence-electron chi connectivity index (χ4n) is 3.14. The molecule has 1 aliphatic carbocycles. The number of aliphatic hydroxyl groups excluding tert-OH is 1. The first kappa shape index (κ1) is 15.2. The first-order chi connectivity index (χ1) is 10.5. The lowest BCUT2D eigenvalue weighted by Gasteiger charge is -2.29. The Balaban J connectivity index is 1.76. The molecule has 0 aromatic heterocycles. The Labute approximate surface area is 127 Å².